The zero-order valence-electron chi connectivity index (χ0n) is 11.2. The standard InChI is InChI=1S/C14H17NO4S/c1-2-19-14(18)11(9-6-4-3-5-7-9)12-15-10(8-20-12)13(16)17/h3-7,10-12,15H,2,8H2,1H3,(H,16,17)/t10-,11-,12+/m0/s1. The lowest BCUT2D eigenvalue weighted by atomic mass is 9.98. The number of thioether (sulfide) groups is 1. The second-order valence-electron chi connectivity index (χ2n) is 4.56. The first-order chi connectivity index (χ1) is 9.63. The molecule has 0 amide bonds. The van der Waals surface area contributed by atoms with Crippen LogP contribution in [0.25, 0.3) is 0 Å². The number of rotatable bonds is 5. The number of esters is 1. The van der Waals surface area contributed by atoms with Gasteiger partial charge in [-0.2, -0.15) is 0 Å². The quantitative estimate of drug-likeness (QED) is 0.711. The smallest absolute Gasteiger partial charge is 0.320 e. The van der Waals surface area contributed by atoms with Gasteiger partial charge in [0.2, 0.25) is 0 Å². The zero-order chi connectivity index (χ0) is 14.5. The first-order valence-corrected chi connectivity index (χ1v) is 7.57. The summed E-state index contributed by atoms with van der Waals surface area (Å²) < 4.78 is 5.13. The Morgan fingerprint density at radius 1 is 1.45 bits per heavy atom. The Hall–Kier alpha value is -1.53. The summed E-state index contributed by atoms with van der Waals surface area (Å²) in [6.07, 6.45) is 0. The maximum atomic E-state index is 12.2. The summed E-state index contributed by atoms with van der Waals surface area (Å²) in [5.41, 5.74) is 0.846. The molecule has 20 heavy (non-hydrogen) atoms. The average molecular weight is 295 g/mol. The third-order valence-electron chi connectivity index (χ3n) is 3.22. The molecule has 0 saturated carbocycles. The monoisotopic (exact) mass is 295 g/mol. The molecule has 108 valence electrons. The van der Waals surface area contributed by atoms with E-state index >= 15 is 0 Å². The van der Waals surface area contributed by atoms with Gasteiger partial charge < -0.3 is 20.0 Å². The Bertz CT molecular complexity index is 479. The summed E-state index contributed by atoms with van der Waals surface area (Å²) in [5, 5.41) is 12.4. The molecule has 2 N–H and O–H groups in total. The van der Waals surface area contributed by atoms with Crippen LogP contribution in [0, 0.1) is 0 Å². The first-order valence-electron chi connectivity index (χ1n) is 6.52. The highest BCUT2D eigenvalue weighted by Crippen LogP contribution is 2.29. The number of benzene rings is 1. The van der Waals surface area contributed by atoms with Crippen molar-refractivity contribution in [2.24, 2.45) is 0 Å². The minimum atomic E-state index is -1.09. The predicted octanol–water partition coefficient (Wildman–Crippen LogP) is -0.912. The average Bonchev–Trinajstić information content (AvgIpc) is 2.90. The van der Waals surface area contributed by atoms with E-state index in [0.717, 1.165) is 5.56 Å². The molecule has 1 aliphatic heterocycles. The minimum absolute atomic E-state index is 0.195. The van der Waals surface area contributed by atoms with Crippen molar-refractivity contribution in [2.45, 2.75) is 24.3 Å². The molecule has 0 unspecified atom stereocenters. The van der Waals surface area contributed by atoms with Gasteiger partial charge in [0.05, 0.1) is 12.4 Å². The van der Waals surface area contributed by atoms with Gasteiger partial charge in [-0.15, -0.1) is 0 Å². The third kappa shape index (κ3) is 3.32. The zero-order valence-corrected chi connectivity index (χ0v) is 12.0. The number of carboxylic acids is 1. The first kappa shape index (κ1) is 14.9. The second-order valence-corrected chi connectivity index (χ2v) is 5.77. The van der Waals surface area contributed by atoms with Crippen molar-refractivity contribution in [3.63, 3.8) is 0 Å². The van der Waals surface area contributed by atoms with E-state index in [0.29, 0.717) is 12.4 Å². The molecule has 0 aromatic heterocycles. The summed E-state index contributed by atoms with van der Waals surface area (Å²) >= 11 is 1.46. The van der Waals surface area contributed by atoms with Crippen molar-refractivity contribution in [1.82, 2.24) is 0 Å². The number of carbonyl (C=O) groups is 2. The molecule has 1 aromatic rings. The van der Waals surface area contributed by atoms with Crippen LogP contribution < -0.4 is 10.4 Å². The molecule has 5 nitrogen and oxygen atoms in total. The summed E-state index contributed by atoms with van der Waals surface area (Å²) in [5.74, 6) is -1.43. The molecule has 0 radical (unpaired) electrons. The number of hydrogen-bond donors (Lipinski definition) is 1. The fourth-order valence-electron chi connectivity index (χ4n) is 2.26. The van der Waals surface area contributed by atoms with Crippen molar-refractivity contribution in [2.75, 3.05) is 12.4 Å². The molecule has 0 spiro atoms. The molecule has 1 aromatic carbocycles. The number of quaternary nitrogens is 1. The molecule has 1 fully saturated rings. The van der Waals surface area contributed by atoms with Crippen LogP contribution in [-0.4, -0.2) is 35.7 Å². The van der Waals surface area contributed by atoms with Crippen molar-refractivity contribution in [1.29, 1.82) is 0 Å². The maximum absolute atomic E-state index is 12.2. The largest absolute Gasteiger partial charge is 0.544 e. The summed E-state index contributed by atoms with van der Waals surface area (Å²) in [6, 6.07) is 8.71. The van der Waals surface area contributed by atoms with Crippen LogP contribution in [0.15, 0.2) is 30.3 Å². The van der Waals surface area contributed by atoms with E-state index in [4.69, 9.17) is 4.74 Å². The number of aliphatic carboxylic acids is 1. The molecule has 1 saturated heterocycles. The lowest BCUT2D eigenvalue weighted by Gasteiger charge is -2.20. The van der Waals surface area contributed by atoms with Crippen molar-refractivity contribution in [3.8, 4) is 0 Å². The van der Waals surface area contributed by atoms with Crippen LogP contribution in [-0.2, 0) is 14.3 Å². The maximum Gasteiger partial charge on any atom is 0.320 e. The Balaban J connectivity index is 2.20. The van der Waals surface area contributed by atoms with Gasteiger partial charge >= 0.3 is 5.97 Å². The van der Waals surface area contributed by atoms with Crippen LogP contribution in [0.1, 0.15) is 18.4 Å². The van der Waals surface area contributed by atoms with E-state index in [1.165, 1.54) is 11.8 Å². The van der Waals surface area contributed by atoms with Gasteiger partial charge in [0, 0.05) is 0 Å². The minimum Gasteiger partial charge on any atom is -0.544 e. The fourth-order valence-corrected chi connectivity index (χ4v) is 3.70. The lowest BCUT2D eigenvalue weighted by Crippen LogP contribution is -2.95. The molecule has 1 heterocycles. The normalized spacial score (nSPS) is 23.2. The fraction of sp³-hybridized carbons (Fsp3) is 0.429. The van der Waals surface area contributed by atoms with Crippen LogP contribution in [0.3, 0.4) is 0 Å². The van der Waals surface area contributed by atoms with E-state index in [1.807, 2.05) is 30.3 Å². The van der Waals surface area contributed by atoms with E-state index < -0.39 is 17.9 Å². The van der Waals surface area contributed by atoms with Crippen molar-refractivity contribution in [3.05, 3.63) is 35.9 Å². The highest BCUT2D eigenvalue weighted by atomic mass is 32.2. The third-order valence-corrected chi connectivity index (χ3v) is 4.59. The Kier molecular flexibility index (Phi) is 5.03. The van der Waals surface area contributed by atoms with Gasteiger partial charge in [-0.1, -0.05) is 42.1 Å². The molecular formula is C14H17NO4S. The Morgan fingerprint density at radius 2 is 2.15 bits per heavy atom. The van der Waals surface area contributed by atoms with Crippen LogP contribution >= 0.6 is 11.8 Å². The predicted molar refractivity (Wildman–Crippen MR) is 72.8 cm³/mol. The molecule has 3 atom stereocenters. The van der Waals surface area contributed by atoms with Gasteiger partial charge in [-0.3, -0.25) is 4.79 Å². The van der Waals surface area contributed by atoms with Crippen LogP contribution in [0.5, 0.6) is 0 Å². The van der Waals surface area contributed by atoms with Crippen LogP contribution in [0.4, 0.5) is 0 Å². The summed E-state index contributed by atoms with van der Waals surface area (Å²) in [4.78, 5) is 23.1. The van der Waals surface area contributed by atoms with Crippen molar-refractivity contribution >= 4 is 23.7 Å². The molecule has 0 aliphatic carbocycles. The van der Waals surface area contributed by atoms with E-state index in [9.17, 15) is 14.7 Å². The van der Waals surface area contributed by atoms with E-state index in [-0.39, 0.29) is 11.3 Å². The van der Waals surface area contributed by atoms with E-state index in [1.54, 1.807) is 12.2 Å². The SMILES string of the molecule is CCOC(=O)[C@@H](c1ccccc1)[C@@H]1[NH2+][C@H](C(=O)[O-])CS1. The number of nitrogens with two attached hydrogens (primary N) is 1. The Morgan fingerprint density at radius 3 is 2.70 bits per heavy atom. The number of ether oxygens (including phenoxy) is 1. The Labute approximate surface area is 121 Å². The molecule has 6 heteroatoms. The summed E-state index contributed by atoms with van der Waals surface area (Å²) in [6.45, 7) is 2.07. The highest BCUT2D eigenvalue weighted by Gasteiger charge is 2.41. The number of carboxylic acid groups (broad SMARTS) is 1. The van der Waals surface area contributed by atoms with Gasteiger partial charge in [0.1, 0.15) is 17.9 Å². The second kappa shape index (κ2) is 6.76. The van der Waals surface area contributed by atoms with Crippen molar-refractivity contribution < 1.29 is 24.7 Å². The van der Waals surface area contributed by atoms with Crippen LogP contribution in [0.2, 0.25) is 0 Å². The van der Waals surface area contributed by atoms with Gasteiger partial charge in [-0.25, -0.2) is 0 Å². The van der Waals surface area contributed by atoms with Gasteiger partial charge in [0.25, 0.3) is 0 Å². The van der Waals surface area contributed by atoms with Gasteiger partial charge in [-0.05, 0) is 12.5 Å². The lowest BCUT2D eigenvalue weighted by molar-refractivity contribution is -0.685. The van der Waals surface area contributed by atoms with E-state index in [2.05, 4.69) is 0 Å². The topological polar surface area (TPSA) is 83.0 Å². The number of hydrogen-bond acceptors (Lipinski definition) is 5. The molecule has 0 bridgehead atoms. The number of carbonyl (C=O) groups excluding carboxylic acids is 2. The highest BCUT2D eigenvalue weighted by molar-refractivity contribution is 8.00. The molecule has 1 aliphatic rings. The van der Waals surface area contributed by atoms with Gasteiger partial charge in [0.15, 0.2) is 5.37 Å². The molecular weight excluding hydrogens is 278 g/mol. The summed E-state index contributed by atoms with van der Waals surface area (Å²) in [7, 11) is 0. The molecule has 2 rings (SSSR count).